The van der Waals surface area contributed by atoms with Crippen LogP contribution >= 0.6 is 0 Å². The third-order valence-corrected chi connectivity index (χ3v) is 3.22. The van der Waals surface area contributed by atoms with Gasteiger partial charge in [0.05, 0.1) is 0 Å². The lowest BCUT2D eigenvalue weighted by molar-refractivity contribution is -0.120. The average molecular weight is 301 g/mol. The number of nitrogens with one attached hydrogen (secondary N) is 1. The molecule has 0 aliphatic rings. The summed E-state index contributed by atoms with van der Waals surface area (Å²) >= 11 is 0. The van der Waals surface area contributed by atoms with Gasteiger partial charge in [0.15, 0.2) is 5.82 Å². The molecule has 0 atom stereocenters. The molecule has 0 fully saturated rings. The molecule has 1 aromatic carbocycles. The monoisotopic (exact) mass is 301 g/mol. The Labute approximate surface area is 129 Å². The topological polar surface area (TPSA) is 75.4 Å². The summed E-state index contributed by atoms with van der Waals surface area (Å²) in [5.41, 5.74) is 2.78. The van der Waals surface area contributed by atoms with Gasteiger partial charge in [-0.3, -0.25) is 9.59 Å². The van der Waals surface area contributed by atoms with E-state index in [1.165, 1.54) is 11.8 Å². The zero-order chi connectivity index (χ0) is 16.3. The SMILES string of the molecule is CC(=O)N(CC(=O)Nc1cc(C)on1)c1ccc(C)cc1C. The number of carbonyl (C=O) groups is 2. The molecule has 1 heterocycles. The Bertz CT molecular complexity index is 706. The Balaban J connectivity index is 2.15. The number of rotatable bonds is 4. The second-order valence-corrected chi connectivity index (χ2v) is 5.27. The fraction of sp³-hybridized carbons (Fsp3) is 0.312. The summed E-state index contributed by atoms with van der Waals surface area (Å²) in [7, 11) is 0. The molecule has 6 nitrogen and oxygen atoms in total. The highest BCUT2D eigenvalue weighted by Gasteiger charge is 2.18. The van der Waals surface area contributed by atoms with E-state index < -0.39 is 0 Å². The van der Waals surface area contributed by atoms with E-state index in [1.54, 1.807) is 13.0 Å². The van der Waals surface area contributed by atoms with Gasteiger partial charge in [-0.1, -0.05) is 22.9 Å². The molecular formula is C16H19N3O3. The van der Waals surface area contributed by atoms with Crippen molar-refractivity contribution in [1.82, 2.24) is 5.16 Å². The van der Waals surface area contributed by atoms with Gasteiger partial charge in [0.25, 0.3) is 0 Å². The van der Waals surface area contributed by atoms with Crippen LogP contribution in [0.25, 0.3) is 0 Å². The summed E-state index contributed by atoms with van der Waals surface area (Å²) in [5.74, 6) is 0.418. The van der Waals surface area contributed by atoms with Crippen LogP contribution in [0.3, 0.4) is 0 Å². The number of aromatic nitrogens is 1. The average Bonchev–Trinajstić information content (AvgIpc) is 2.82. The van der Waals surface area contributed by atoms with Gasteiger partial charge in [0, 0.05) is 18.7 Å². The largest absolute Gasteiger partial charge is 0.360 e. The number of hydrogen-bond acceptors (Lipinski definition) is 4. The third kappa shape index (κ3) is 3.72. The van der Waals surface area contributed by atoms with E-state index in [4.69, 9.17) is 4.52 Å². The number of anilines is 2. The molecule has 0 saturated heterocycles. The van der Waals surface area contributed by atoms with Gasteiger partial charge in [0.2, 0.25) is 11.8 Å². The van der Waals surface area contributed by atoms with Crippen molar-refractivity contribution in [3.8, 4) is 0 Å². The molecule has 0 bridgehead atoms. The Morgan fingerprint density at radius 3 is 2.50 bits per heavy atom. The van der Waals surface area contributed by atoms with Crippen LogP contribution in [-0.4, -0.2) is 23.5 Å². The first-order valence-electron chi connectivity index (χ1n) is 6.95. The van der Waals surface area contributed by atoms with Crippen LogP contribution in [0.15, 0.2) is 28.8 Å². The Hall–Kier alpha value is -2.63. The summed E-state index contributed by atoms with van der Waals surface area (Å²) in [4.78, 5) is 25.4. The molecule has 0 radical (unpaired) electrons. The van der Waals surface area contributed by atoms with Crippen LogP contribution in [0, 0.1) is 20.8 Å². The Morgan fingerprint density at radius 1 is 1.23 bits per heavy atom. The summed E-state index contributed by atoms with van der Waals surface area (Å²) in [6.45, 7) is 6.99. The van der Waals surface area contributed by atoms with Crippen LogP contribution in [0.1, 0.15) is 23.8 Å². The number of aryl methyl sites for hydroxylation is 3. The smallest absolute Gasteiger partial charge is 0.245 e. The van der Waals surface area contributed by atoms with Gasteiger partial charge in [0.1, 0.15) is 12.3 Å². The van der Waals surface area contributed by atoms with Crippen LogP contribution in [0.2, 0.25) is 0 Å². The van der Waals surface area contributed by atoms with Crippen LogP contribution in [0.5, 0.6) is 0 Å². The molecule has 0 aliphatic carbocycles. The van der Waals surface area contributed by atoms with Crippen molar-refractivity contribution in [2.75, 3.05) is 16.8 Å². The van der Waals surface area contributed by atoms with E-state index in [0.29, 0.717) is 11.6 Å². The van der Waals surface area contributed by atoms with E-state index in [0.717, 1.165) is 16.8 Å². The molecule has 0 spiro atoms. The maximum atomic E-state index is 12.1. The van der Waals surface area contributed by atoms with E-state index in [1.807, 2.05) is 32.0 Å². The second-order valence-electron chi connectivity index (χ2n) is 5.27. The predicted octanol–water partition coefficient (Wildman–Crippen LogP) is 2.59. The molecular weight excluding hydrogens is 282 g/mol. The lowest BCUT2D eigenvalue weighted by Gasteiger charge is -2.22. The number of amides is 2. The molecule has 2 rings (SSSR count). The zero-order valence-corrected chi connectivity index (χ0v) is 13.1. The highest BCUT2D eigenvalue weighted by atomic mass is 16.5. The van der Waals surface area contributed by atoms with Gasteiger partial charge in [-0.25, -0.2) is 0 Å². The van der Waals surface area contributed by atoms with E-state index in [-0.39, 0.29) is 18.4 Å². The molecule has 22 heavy (non-hydrogen) atoms. The fourth-order valence-electron chi connectivity index (χ4n) is 2.23. The summed E-state index contributed by atoms with van der Waals surface area (Å²) in [5, 5.41) is 6.31. The number of nitrogens with zero attached hydrogens (tertiary/aromatic N) is 2. The van der Waals surface area contributed by atoms with Gasteiger partial charge >= 0.3 is 0 Å². The quantitative estimate of drug-likeness (QED) is 0.941. The Kier molecular flexibility index (Phi) is 4.60. The molecule has 6 heteroatoms. The van der Waals surface area contributed by atoms with Gasteiger partial charge in [-0.2, -0.15) is 0 Å². The number of benzene rings is 1. The summed E-state index contributed by atoms with van der Waals surface area (Å²) < 4.78 is 4.89. The molecule has 116 valence electrons. The minimum absolute atomic E-state index is 0.0782. The van der Waals surface area contributed by atoms with Crippen LogP contribution < -0.4 is 10.2 Å². The van der Waals surface area contributed by atoms with Crippen molar-refractivity contribution in [3.05, 3.63) is 41.2 Å². The normalized spacial score (nSPS) is 10.4. The fourth-order valence-corrected chi connectivity index (χ4v) is 2.23. The van der Waals surface area contributed by atoms with Crippen molar-refractivity contribution in [2.45, 2.75) is 27.7 Å². The van der Waals surface area contributed by atoms with Crippen molar-refractivity contribution in [1.29, 1.82) is 0 Å². The highest BCUT2D eigenvalue weighted by Crippen LogP contribution is 2.21. The van der Waals surface area contributed by atoms with Crippen molar-refractivity contribution >= 4 is 23.3 Å². The van der Waals surface area contributed by atoms with Gasteiger partial charge in [-0.15, -0.1) is 0 Å². The van der Waals surface area contributed by atoms with Crippen molar-refractivity contribution in [3.63, 3.8) is 0 Å². The first kappa shape index (κ1) is 15.8. The first-order valence-corrected chi connectivity index (χ1v) is 6.95. The standard InChI is InChI=1S/C16H19N3O3/c1-10-5-6-14(11(2)7-10)19(13(4)20)9-16(21)17-15-8-12(3)22-18-15/h5-8H,9H2,1-4H3,(H,17,18,21). The molecule has 0 unspecified atom stereocenters. The van der Waals surface area contributed by atoms with Crippen molar-refractivity contribution in [2.24, 2.45) is 0 Å². The minimum Gasteiger partial charge on any atom is -0.360 e. The minimum atomic E-state index is -0.330. The highest BCUT2D eigenvalue weighted by molar-refractivity contribution is 6.01. The summed E-state index contributed by atoms with van der Waals surface area (Å²) in [6.07, 6.45) is 0. The third-order valence-electron chi connectivity index (χ3n) is 3.22. The van der Waals surface area contributed by atoms with Gasteiger partial charge in [-0.05, 0) is 32.4 Å². The molecule has 2 aromatic rings. The van der Waals surface area contributed by atoms with Crippen molar-refractivity contribution < 1.29 is 14.1 Å². The van der Waals surface area contributed by atoms with Gasteiger partial charge < -0.3 is 14.7 Å². The zero-order valence-electron chi connectivity index (χ0n) is 13.1. The predicted molar refractivity (Wildman–Crippen MR) is 83.8 cm³/mol. The van der Waals surface area contributed by atoms with E-state index in [2.05, 4.69) is 10.5 Å². The summed E-state index contributed by atoms with van der Waals surface area (Å²) in [6, 6.07) is 7.36. The number of hydrogen-bond donors (Lipinski definition) is 1. The molecule has 2 amide bonds. The molecule has 1 N–H and O–H groups in total. The van der Waals surface area contributed by atoms with Crippen LogP contribution in [-0.2, 0) is 9.59 Å². The molecule has 1 aromatic heterocycles. The number of carbonyl (C=O) groups excluding carboxylic acids is 2. The lowest BCUT2D eigenvalue weighted by Crippen LogP contribution is -2.37. The lowest BCUT2D eigenvalue weighted by atomic mass is 10.1. The second kappa shape index (κ2) is 6.43. The van der Waals surface area contributed by atoms with E-state index in [9.17, 15) is 9.59 Å². The first-order chi connectivity index (χ1) is 10.4. The Morgan fingerprint density at radius 2 is 1.95 bits per heavy atom. The maximum absolute atomic E-state index is 12.1. The molecule has 0 saturated carbocycles. The maximum Gasteiger partial charge on any atom is 0.245 e. The van der Waals surface area contributed by atoms with Crippen LogP contribution in [0.4, 0.5) is 11.5 Å². The molecule has 0 aliphatic heterocycles. The van der Waals surface area contributed by atoms with E-state index >= 15 is 0 Å².